The third kappa shape index (κ3) is 4.45. The van der Waals surface area contributed by atoms with Crippen molar-refractivity contribution in [1.29, 1.82) is 0 Å². The Morgan fingerprint density at radius 3 is 2.38 bits per heavy atom. The van der Waals surface area contributed by atoms with Gasteiger partial charge in [-0.15, -0.1) is 0 Å². The molecule has 5 rings (SSSR count). The van der Waals surface area contributed by atoms with Gasteiger partial charge < -0.3 is 5.32 Å². The van der Waals surface area contributed by atoms with Crippen molar-refractivity contribution in [2.24, 2.45) is 0 Å². The van der Waals surface area contributed by atoms with Crippen molar-refractivity contribution in [1.82, 2.24) is 4.90 Å². The molecule has 1 spiro atoms. The molecule has 0 saturated carbocycles. The summed E-state index contributed by atoms with van der Waals surface area (Å²) in [5.41, 5.74) is 7.38. The number of amides is 2. The van der Waals surface area contributed by atoms with E-state index in [0.29, 0.717) is 6.54 Å². The topological polar surface area (TPSA) is 35.6 Å². The minimum Gasteiger partial charge on any atom is -0.308 e. The highest BCUT2D eigenvalue weighted by molar-refractivity contribution is 6.03. The lowest BCUT2D eigenvalue weighted by molar-refractivity contribution is 0.160. The second kappa shape index (κ2) is 8.88. The summed E-state index contributed by atoms with van der Waals surface area (Å²) < 4.78 is 14.3. The molecule has 0 radical (unpaired) electrons. The summed E-state index contributed by atoms with van der Waals surface area (Å²) in [6.07, 6.45) is 1.81. The first kappa shape index (κ1) is 22.6. The number of likely N-dealkylation sites (tertiary alicyclic amines) is 1. The summed E-state index contributed by atoms with van der Waals surface area (Å²) in [5.74, 6) is -0.239. The molecule has 1 saturated heterocycles. The Hall–Kier alpha value is -3.18. The van der Waals surface area contributed by atoms with Gasteiger partial charge in [0.2, 0.25) is 0 Å². The SMILES string of the molecule is Cc1cc(C)cc(CN2CCC3(CC2)CN(C(=O)Nc2cccc(C)c2)c2ccc(F)cc23)c1. The summed E-state index contributed by atoms with van der Waals surface area (Å²) in [7, 11) is 0. The van der Waals surface area contributed by atoms with Crippen LogP contribution in [-0.4, -0.2) is 30.6 Å². The number of rotatable bonds is 3. The molecule has 0 aliphatic carbocycles. The van der Waals surface area contributed by atoms with E-state index in [1.54, 1.807) is 17.0 Å². The average Bonchev–Trinajstić information content (AvgIpc) is 3.08. The van der Waals surface area contributed by atoms with Crippen LogP contribution in [-0.2, 0) is 12.0 Å². The van der Waals surface area contributed by atoms with Crippen LogP contribution < -0.4 is 10.2 Å². The fourth-order valence-electron chi connectivity index (χ4n) is 5.72. The van der Waals surface area contributed by atoms with Crippen LogP contribution in [0, 0.1) is 26.6 Å². The number of benzene rings is 3. The van der Waals surface area contributed by atoms with Crippen LogP contribution in [0.25, 0.3) is 0 Å². The van der Waals surface area contributed by atoms with Gasteiger partial charge in [0.25, 0.3) is 0 Å². The normalized spacial score (nSPS) is 17.1. The van der Waals surface area contributed by atoms with Gasteiger partial charge in [-0.2, -0.15) is 0 Å². The Balaban J connectivity index is 1.34. The van der Waals surface area contributed by atoms with Crippen molar-refractivity contribution in [2.75, 3.05) is 29.9 Å². The number of piperidine rings is 1. The van der Waals surface area contributed by atoms with Gasteiger partial charge in [-0.1, -0.05) is 41.5 Å². The maximum absolute atomic E-state index is 14.3. The Morgan fingerprint density at radius 2 is 1.68 bits per heavy atom. The molecule has 4 nitrogen and oxygen atoms in total. The van der Waals surface area contributed by atoms with E-state index in [9.17, 15) is 9.18 Å². The molecule has 2 heterocycles. The average molecular weight is 458 g/mol. The Labute approximate surface area is 201 Å². The van der Waals surface area contributed by atoms with Crippen molar-refractivity contribution in [3.63, 3.8) is 0 Å². The van der Waals surface area contributed by atoms with Gasteiger partial charge in [-0.25, -0.2) is 9.18 Å². The van der Waals surface area contributed by atoms with E-state index >= 15 is 0 Å². The fourth-order valence-corrected chi connectivity index (χ4v) is 5.72. The van der Waals surface area contributed by atoms with Crippen molar-refractivity contribution >= 4 is 17.4 Å². The zero-order valence-electron chi connectivity index (χ0n) is 20.2. The second-order valence-corrected chi connectivity index (χ2v) is 10.1. The molecule has 2 aliphatic rings. The monoisotopic (exact) mass is 457 g/mol. The Bertz CT molecular complexity index is 1210. The fraction of sp³-hybridized carbons (Fsp3) is 0.345. The van der Waals surface area contributed by atoms with Crippen molar-refractivity contribution in [3.05, 3.63) is 94.3 Å². The first-order valence-electron chi connectivity index (χ1n) is 12.1. The number of urea groups is 1. The predicted molar refractivity (Wildman–Crippen MR) is 136 cm³/mol. The zero-order valence-corrected chi connectivity index (χ0v) is 20.2. The lowest BCUT2D eigenvalue weighted by Crippen LogP contribution is -2.46. The lowest BCUT2D eigenvalue weighted by atomic mass is 9.74. The summed E-state index contributed by atoms with van der Waals surface area (Å²) >= 11 is 0. The van der Waals surface area contributed by atoms with Gasteiger partial charge in [0, 0.05) is 29.9 Å². The first-order chi connectivity index (χ1) is 16.3. The van der Waals surface area contributed by atoms with E-state index in [0.717, 1.165) is 55.0 Å². The molecule has 0 atom stereocenters. The molecule has 2 aliphatic heterocycles. The molecular weight excluding hydrogens is 425 g/mol. The standard InChI is InChI=1S/C29H32FN3O/c1-20-5-4-6-25(16-20)31-28(34)33-19-29(26-17-24(30)7-8-27(26)33)9-11-32(12-10-29)18-23-14-21(2)13-22(3)15-23/h4-8,13-17H,9-12,18-19H2,1-3H3,(H,31,34). The van der Waals surface area contributed by atoms with Gasteiger partial charge in [-0.3, -0.25) is 9.80 Å². The van der Waals surface area contributed by atoms with E-state index in [1.165, 1.54) is 22.8 Å². The van der Waals surface area contributed by atoms with Crippen LogP contribution in [0.3, 0.4) is 0 Å². The molecule has 34 heavy (non-hydrogen) atoms. The molecular formula is C29H32FN3O. The third-order valence-corrected chi connectivity index (χ3v) is 7.30. The first-order valence-corrected chi connectivity index (χ1v) is 12.1. The Kier molecular flexibility index (Phi) is 5.90. The molecule has 3 aromatic rings. The van der Waals surface area contributed by atoms with E-state index in [-0.39, 0.29) is 17.3 Å². The summed E-state index contributed by atoms with van der Waals surface area (Å²) in [5, 5.41) is 3.04. The van der Waals surface area contributed by atoms with Gasteiger partial charge in [0.05, 0.1) is 0 Å². The maximum Gasteiger partial charge on any atom is 0.326 e. The van der Waals surface area contributed by atoms with E-state index < -0.39 is 0 Å². The molecule has 2 amide bonds. The number of anilines is 2. The smallest absolute Gasteiger partial charge is 0.308 e. The third-order valence-electron chi connectivity index (χ3n) is 7.30. The van der Waals surface area contributed by atoms with Crippen LogP contribution in [0.2, 0.25) is 0 Å². The van der Waals surface area contributed by atoms with Crippen molar-refractivity contribution in [3.8, 4) is 0 Å². The largest absolute Gasteiger partial charge is 0.326 e. The number of nitrogens with one attached hydrogen (secondary N) is 1. The number of halogens is 1. The van der Waals surface area contributed by atoms with Crippen LogP contribution in [0.4, 0.5) is 20.6 Å². The highest BCUT2D eigenvalue weighted by atomic mass is 19.1. The number of fused-ring (bicyclic) bond motifs is 2. The minimum absolute atomic E-state index is 0.159. The minimum atomic E-state index is -0.239. The Morgan fingerprint density at radius 1 is 0.941 bits per heavy atom. The number of carbonyl (C=O) groups excluding carboxylic acids is 1. The van der Waals surface area contributed by atoms with Gasteiger partial charge in [0.1, 0.15) is 5.82 Å². The van der Waals surface area contributed by atoms with E-state index in [2.05, 4.69) is 42.3 Å². The van der Waals surface area contributed by atoms with Crippen molar-refractivity contribution < 1.29 is 9.18 Å². The highest BCUT2D eigenvalue weighted by Crippen LogP contribution is 2.47. The summed E-state index contributed by atoms with van der Waals surface area (Å²) in [6, 6.07) is 19.2. The molecule has 3 aromatic carbocycles. The summed E-state index contributed by atoms with van der Waals surface area (Å²) in [4.78, 5) is 17.6. The van der Waals surface area contributed by atoms with Crippen molar-refractivity contribution in [2.45, 2.75) is 45.6 Å². The lowest BCUT2D eigenvalue weighted by Gasteiger charge is -2.40. The van der Waals surface area contributed by atoms with E-state index in [1.807, 2.05) is 31.2 Å². The number of aryl methyl sites for hydroxylation is 3. The van der Waals surface area contributed by atoms with Gasteiger partial charge in [-0.05, 0) is 93.7 Å². The summed E-state index contributed by atoms with van der Waals surface area (Å²) in [6.45, 7) is 9.65. The molecule has 0 aromatic heterocycles. The predicted octanol–water partition coefficient (Wildman–Crippen LogP) is 6.34. The van der Waals surface area contributed by atoms with Crippen LogP contribution in [0.15, 0.2) is 60.7 Å². The quantitative estimate of drug-likeness (QED) is 0.498. The zero-order chi connectivity index (χ0) is 23.9. The van der Waals surface area contributed by atoms with Crippen LogP contribution in [0.1, 0.15) is 40.7 Å². The molecule has 1 N–H and O–H groups in total. The molecule has 1 fully saturated rings. The molecule has 0 unspecified atom stereocenters. The molecule has 176 valence electrons. The van der Waals surface area contributed by atoms with Gasteiger partial charge in [0.15, 0.2) is 0 Å². The maximum atomic E-state index is 14.3. The number of hydrogen-bond donors (Lipinski definition) is 1. The van der Waals surface area contributed by atoms with Gasteiger partial charge >= 0.3 is 6.03 Å². The number of hydrogen-bond acceptors (Lipinski definition) is 2. The van der Waals surface area contributed by atoms with Crippen LogP contribution >= 0.6 is 0 Å². The molecule has 5 heteroatoms. The van der Waals surface area contributed by atoms with E-state index in [4.69, 9.17) is 0 Å². The second-order valence-electron chi connectivity index (χ2n) is 10.1. The number of carbonyl (C=O) groups is 1. The highest BCUT2D eigenvalue weighted by Gasteiger charge is 2.46. The number of nitrogens with zero attached hydrogens (tertiary/aromatic N) is 2. The molecule has 0 bridgehead atoms. The van der Waals surface area contributed by atoms with Crippen LogP contribution in [0.5, 0.6) is 0 Å².